The van der Waals surface area contributed by atoms with E-state index in [-0.39, 0.29) is 11.0 Å². The molecule has 0 saturated heterocycles. The van der Waals surface area contributed by atoms with E-state index < -0.39 is 0 Å². The molecule has 1 aromatic heterocycles. The Morgan fingerprint density at radius 1 is 1.18 bits per heavy atom. The number of rotatable bonds is 6. The third-order valence-corrected chi connectivity index (χ3v) is 4.67. The van der Waals surface area contributed by atoms with Gasteiger partial charge in [-0.15, -0.1) is 11.3 Å². The highest BCUT2D eigenvalue weighted by atomic mass is 32.1. The molecule has 1 heterocycles. The van der Waals surface area contributed by atoms with Crippen LogP contribution in [-0.2, 0) is 5.41 Å². The number of aryl methyl sites for hydroxylation is 1. The van der Waals surface area contributed by atoms with Crippen LogP contribution >= 0.6 is 11.3 Å². The van der Waals surface area contributed by atoms with Crippen molar-refractivity contribution in [2.75, 3.05) is 20.1 Å². The van der Waals surface area contributed by atoms with Gasteiger partial charge in [-0.05, 0) is 44.8 Å². The lowest BCUT2D eigenvalue weighted by Crippen LogP contribution is -2.48. The first-order valence-corrected chi connectivity index (χ1v) is 7.11. The third-order valence-electron chi connectivity index (χ3n) is 3.29. The number of hydrogen-bond acceptors (Lipinski definition) is 3. The van der Waals surface area contributed by atoms with Crippen molar-refractivity contribution in [1.82, 2.24) is 10.6 Å². The molecule has 0 fully saturated rings. The molecule has 1 rings (SSSR count). The highest BCUT2D eigenvalue weighted by Gasteiger charge is 2.24. The highest BCUT2D eigenvalue weighted by molar-refractivity contribution is 7.10. The molecule has 98 valence electrons. The van der Waals surface area contributed by atoms with Crippen molar-refractivity contribution in [2.24, 2.45) is 0 Å². The molecule has 0 amide bonds. The van der Waals surface area contributed by atoms with Gasteiger partial charge in [0.2, 0.25) is 0 Å². The summed E-state index contributed by atoms with van der Waals surface area (Å²) in [4.78, 5) is 1.49. The van der Waals surface area contributed by atoms with Gasteiger partial charge < -0.3 is 10.6 Å². The molecule has 0 aliphatic rings. The van der Waals surface area contributed by atoms with Crippen LogP contribution in [0.4, 0.5) is 0 Å². The van der Waals surface area contributed by atoms with Crippen molar-refractivity contribution < 1.29 is 0 Å². The summed E-state index contributed by atoms with van der Waals surface area (Å²) in [5.41, 5.74) is 1.78. The smallest absolute Gasteiger partial charge is 0.0246 e. The first-order valence-electron chi connectivity index (χ1n) is 6.23. The zero-order valence-corrected chi connectivity index (χ0v) is 12.8. The van der Waals surface area contributed by atoms with Crippen LogP contribution in [0.1, 0.15) is 38.1 Å². The van der Waals surface area contributed by atoms with Crippen molar-refractivity contribution in [3.05, 3.63) is 21.9 Å². The minimum atomic E-state index is 0.153. The normalized spacial score (nSPS) is 13.1. The summed E-state index contributed by atoms with van der Waals surface area (Å²) in [5, 5.41) is 9.07. The van der Waals surface area contributed by atoms with E-state index in [4.69, 9.17) is 0 Å². The third kappa shape index (κ3) is 4.09. The van der Waals surface area contributed by atoms with Crippen LogP contribution in [0.3, 0.4) is 0 Å². The zero-order valence-electron chi connectivity index (χ0n) is 12.0. The molecule has 0 aliphatic carbocycles. The molecular weight excluding hydrogens is 228 g/mol. The Kier molecular flexibility index (Phi) is 4.76. The Labute approximate surface area is 110 Å². The summed E-state index contributed by atoms with van der Waals surface area (Å²) in [6.07, 6.45) is 0. The van der Waals surface area contributed by atoms with Gasteiger partial charge in [-0.1, -0.05) is 13.8 Å². The second kappa shape index (κ2) is 5.51. The lowest BCUT2D eigenvalue weighted by Gasteiger charge is -2.29. The molecule has 0 atom stereocenters. The van der Waals surface area contributed by atoms with E-state index in [0.717, 1.165) is 13.1 Å². The fourth-order valence-electron chi connectivity index (χ4n) is 1.92. The van der Waals surface area contributed by atoms with Gasteiger partial charge in [-0.3, -0.25) is 0 Å². The van der Waals surface area contributed by atoms with Crippen LogP contribution in [0.15, 0.2) is 11.4 Å². The lowest BCUT2D eigenvalue weighted by atomic mass is 9.89. The van der Waals surface area contributed by atoms with Gasteiger partial charge in [-0.25, -0.2) is 0 Å². The molecule has 0 aliphatic heterocycles. The number of likely N-dealkylation sites (N-methyl/N-ethyl adjacent to an activating group) is 1. The van der Waals surface area contributed by atoms with E-state index in [2.05, 4.69) is 56.7 Å². The summed E-state index contributed by atoms with van der Waals surface area (Å²) in [6, 6.07) is 2.21. The van der Waals surface area contributed by atoms with Crippen molar-refractivity contribution >= 4 is 11.3 Å². The molecule has 0 unspecified atom stereocenters. The molecule has 0 radical (unpaired) electrons. The Morgan fingerprint density at radius 2 is 1.82 bits per heavy atom. The molecule has 1 aromatic rings. The molecule has 0 aromatic carbocycles. The Bertz CT molecular complexity index is 353. The summed E-state index contributed by atoms with van der Waals surface area (Å²) in [6.45, 7) is 13.2. The average Bonchev–Trinajstić information content (AvgIpc) is 2.64. The van der Waals surface area contributed by atoms with Crippen molar-refractivity contribution in [2.45, 2.75) is 45.6 Å². The fraction of sp³-hybridized carbons (Fsp3) is 0.714. The van der Waals surface area contributed by atoms with Gasteiger partial charge in [0, 0.05) is 28.9 Å². The van der Waals surface area contributed by atoms with E-state index in [0.29, 0.717) is 0 Å². The first-order chi connectivity index (χ1) is 7.78. The first kappa shape index (κ1) is 14.7. The summed E-state index contributed by atoms with van der Waals surface area (Å²) < 4.78 is 0. The predicted octanol–water partition coefficient (Wildman–Crippen LogP) is 2.92. The molecular formula is C14H26N2S. The van der Waals surface area contributed by atoms with E-state index in [9.17, 15) is 0 Å². The van der Waals surface area contributed by atoms with Crippen molar-refractivity contribution in [1.29, 1.82) is 0 Å². The minimum absolute atomic E-state index is 0.153. The predicted molar refractivity (Wildman–Crippen MR) is 78.1 cm³/mol. The van der Waals surface area contributed by atoms with Gasteiger partial charge in [-0.2, -0.15) is 0 Å². The molecule has 17 heavy (non-hydrogen) atoms. The van der Waals surface area contributed by atoms with E-state index in [1.807, 2.05) is 18.4 Å². The van der Waals surface area contributed by atoms with Crippen molar-refractivity contribution in [3.8, 4) is 0 Å². The number of nitrogens with one attached hydrogen (secondary N) is 2. The fourth-order valence-corrected chi connectivity index (χ4v) is 2.98. The Morgan fingerprint density at radius 3 is 2.29 bits per heavy atom. The average molecular weight is 254 g/mol. The maximum absolute atomic E-state index is 3.58. The summed E-state index contributed by atoms with van der Waals surface area (Å²) >= 11 is 1.86. The van der Waals surface area contributed by atoms with Crippen LogP contribution in [0, 0.1) is 6.92 Å². The van der Waals surface area contributed by atoms with E-state index in [1.54, 1.807) is 0 Å². The van der Waals surface area contributed by atoms with Gasteiger partial charge in [0.15, 0.2) is 0 Å². The second-order valence-corrected chi connectivity index (χ2v) is 6.97. The highest BCUT2D eigenvalue weighted by Crippen LogP contribution is 2.30. The molecule has 2 N–H and O–H groups in total. The van der Waals surface area contributed by atoms with Crippen LogP contribution in [0.2, 0.25) is 0 Å². The van der Waals surface area contributed by atoms with Crippen LogP contribution < -0.4 is 10.6 Å². The number of thiophene rings is 1. The van der Waals surface area contributed by atoms with Crippen molar-refractivity contribution in [3.63, 3.8) is 0 Å². The molecule has 0 spiro atoms. The molecule has 0 bridgehead atoms. The van der Waals surface area contributed by atoms with Crippen LogP contribution in [0.25, 0.3) is 0 Å². The van der Waals surface area contributed by atoms with E-state index in [1.165, 1.54) is 10.4 Å². The second-order valence-electron chi connectivity index (χ2n) is 6.05. The molecule has 2 nitrogen and oxygen atoms in total. The number of hydrogen-bond donors (Lipinski definition) is 2. The minimum Gasteiger partial charge on any atom is -0.314 e. The quantitative estimate of drug-likeness (QED) is 0.815. The largest absolute Gasteiger partial charge is 0.314 e. The summed E-state index contributed by atoms with van der Waals surface area (Å²) in [5.74, 6) is 0. The maximum Gasteiger partial charge on any atom is 0.0246 e. The van der Waals surface area contributed by atoms with Gasteiger partial charge in [0.25, 0.3) is 0 Å². The van der Waals surface area contributed by atoms with E-state index >= 15 is 0 Å². The molecule has 3 heteroatoms. The van der Waals surface area contributed by atoms with Gasteiger partial charge in [0.1, 0.15) is 0 Å². The summed E-state index contributed by atoms with van der Waals surface area (Å²) in [7, 11) is 2.01. The maximum atomic E-state index is 3.58. The standard InChI is InChI=1S/C14H26N2S/c1-11-7-8-17-12(11)13(2,3)9-16-10-14(4,5)15-6/h7-8,15-16H,9-10H2,1-6H3. The lowest BCUT2D eigenvalue weighted by molar-refractivity contribution is 0.368. The Balaban J connectivity index is 2.54. The van der Waals surface area contributed by atoms with Gasteiger partial charge >= 0.3 is 0 Å². The topological polar surface area (TPSA) is 24.1 Å². The van der Waals surface area contributed by atoms with Crippen LogP contribution in [0.5, 0.6) is 0 Å². The Hall–Kier alpha value is -0.380. The van der Waals surface area contributed by atoms with Crippen LogP contribution in [-0.4, -0.2) is 25.7 Å². The molecule has 0 saturated carbocycles. The van der Waals surface area contributed by atoms with Gasteiger partial charge in [0.05, 0.1) is 0 Å². The monoisotopic (exact) mass is 254 g/mol. The zero-order chi connectivity index (χ0) is 13.1. The SMILES string of the molecule is CNC(C)(C)CNCC(C)(C)c1sccc1C.